The van der Waals surface area contributed by atoms with E-state index in [2.05, 4.69) is 5.32 Å². The molecule has 0 unspecified atom stereocenters. The molecule has 0 saturated carbocycles. The molecule has 0 aromatic heterocycles. The number of piperazine rings is 2. The zero-order valence-corrected chi connectivity index (χ0v) is 21.6. The van der Waals surface area contributed by atoms with E-state index in [1.165, 1.54) is 4.31 Å². The highest BCUT2D eigenvalue weighted by molar-refractivity contribution is 7.89. The molecule has 12 heteroatoms. The van der Waals surface area contributed by atoms with Crippen LogP contribution in [0.2, 0.25) is 0 Å². The predicted octanol–water partition coefficient (Wildman–Crippen LogP) is 0.907. The Morgan fingerprint density at radius 2 is 1.16 bits per heavy atom. The molecule has 2 fully saturated rings. The Labute approximate surface area is 188 Å². The Kier molecular flexibility index (Phi) is 10.2. The lowest BCUT2D eigenvalue weighted by molar-refractivity contribution is 0.0192. The van der Waals surface area contributed by atoms with Gasteiger partial charge in [0.05, 0.1) is 10.5 Å². The summed E-state index contributed by atoms with van der Waals surface area (Å²) >= 11 is 0. The lowest BCUT2D eigenvalue weighted by Crippen LogP contribution is -2.52. The maximum atomic E-state index is 12.0. The van der Waals surface area contributed by atoms with E-state index in [9.17, 15) is 21.6 Å². The number of hydrogen-bond donors (Lipinski definition) is 1. The van der Waals surface area contributed by atoms with Gasteiger partial charge in [-0.15, -0.1) is 0 Å². The van der Waals surface area contributed by atoms with Crippen LogP contribution in [0, 0.1) is 0 Å². The van der Waals surface area contributed by atoms with Crippen molar-refractivity contribution in [2.75, 3.05) is 52.4 Å². The van der Waals surface area contributed by atoms with Gasteiger partial charge in [-0.05, 0) is 48.5 Å². The molecule has 2 heterocycles. The van der Waals surface area contributed by atoms with E-state index in [1.807, 2.05) is 20.8 Å². The summed E-state index contributed by atoms with van der Waals surface area (Å²) in [6, 6.07) is 0. The van der Waals surface area contributed by atoms with E-state index in [-0.39, 0.29) is 11.3 Å². The minimum Gasteiger partial charge on any atom is -0.444 e. The number of carbonyl (C=O) groups is 1. The first-order chi connectivity index (χ1) is 14.1. The maximum absolute atomic E-state index is 12.0. The number of hydrogen-bond acceptors (Lipinski definition) is 7. The molecule has 184 valence electrons. The first-order valence-corrected chi connectivity index (χ1v) is 13.8. The average Bonchev–Trinajstić information content (AvgIpc) is 2.67. The van der Waals surface area contributed by atoms with Crippen LogP contribution in [-0.4, -0.2) is 105 Å². The van der Waals surface area contributed by atoms with Crippen molar-refractivity contribution in [1.82, 2.24) is 18.8 Å². The molecule has 0 bridgehead atoms. The van der Waals surface area contributed by atoms with Crippen LogP contribution >= 0.6 is 0 Å². The summed E-state index contributed by atoms with van der Waals surface area (Å²) in [6.07, 6.45) is -0.380. The van der Waals surface area contributed by atoms with Crippen LogP contribution in [0.1, 0.15) is 48.5 Å². The molecule has 31 heavy (non-hydrogen) atoms. The van der Waals surface area contributed by atoms with Gasteiger partial charge in [0.25, 0.3) is 0 Å². The first kappa shape index (κ1) is 28.1. The molecule has 10 nitrogen and oxygen atoms in total. The Morgan fingerprint density at radius 3 is 1.52 bits per heavy atom. The highest BCUT2D eigenvalue weighted by Gasteiger charge is 2.32. The fraction of sp³-hybridized carbons (Fsp3) is 0.947. The van der Waals surface area contributed by atoms with E-state index in [0.717, 1.165) is 13.1 Å². The van der Waals surface area contributed by atoms with Crippen molar-refractivity contribution in [3.05, 3.63) is 0 Å². The minimum absolute atomic E-state index is 0.296. The molecule has 0 spiro atoms. The van der Waals surface area contributed by atoms with Crippen LogP contribution in [0.3, 0.4) is 0 Å². The van der Waals surface area contributed by atoms with Gasteiger partial charge in [-0.25, -0.2) is 21.6 Å². The van der Waals surface area contributed by atoms with Crippen LogP contribution in [-0.2, 0) is 24.8 Å². The molecular formula is C19H40N4O6S2. The Morgan fingerprint density at radius 1 is 0.774 bits per heavy atom. The highest BCUT2D eigenvalue weighted by Crippen LogP contribution is 2.15. The number of nitrogens with one attached hydrogen (secondary N) is 1. The smallest absolute Gasteiger partial charge is 0.410 e. The molecule has 2 aliphatic rings. The molecular weight excluding hydrogens is 444 g/mol. The molecule has 1 amide bonds. The number of sulfonamides is 2. The van der Waals surface area contributed by atoms with Gasteiger partial charge in [0, 0.05) is 52.4 Å². The zero-order valence-electron chi connectivity index (χ0n) is 19.9. The van der Waals surface area contributed by atoms with Crippen LogP contribution < -0.4 is 5.32 Å². The normalized spacial score (nSPS) is 19.8. The average molecular weight is 485 g/mol. The van der Waals surface area contributed by atoms with Gasteiger partial charge in [-0.2, -0.15) is 8.61 Å². The van der Waals surface area contributed by atoms with Crippen molar-refractivity contribution >= 4 is 26.1 Å². The van der Waals surface area contributed by atoms with E-state index in [4.69, 9.17) is 4.74 Å². The number of ether oxygens (including phenoxy) is 1. The fourth-order valence-electron chi connectivity index (χ4n) is 2.95. The van der Waals surface area contributed by atoms with Crippen LogP contribution in [0.5, 0.6) is 0 Å². The number of amides is 1. The standard InChI is InChI=1S/C12H24N2O4S.C7H16N2O2S/c1-10(2)19(16,17)14-8-6-13(7-9-14)11(15)18-12(3,4)5;1-7(2)12(10,11)9-5-3-8-4-6-9/h10H,6-9H2,1-5H3;7-8H,3-6H2,1-2H3. The highest BCUT2D eigenvalue weighted by atomic mass is 32.2. The second kappa shape index (κ2) is 11.3. The van der Waals surface area contributed by atoms with E-state index in [0.29, 0.717) is 39.3 Å². The Bertz CT molecular complexity index is 777. The third-order valence-electron chi connectivity index (χ3n) is 4.88. The summed E-state index contributed by atoms with van der Waals surface area (Å²) in [5.41, 5.74) is -0.530. The van der Waals surface area contributed by atoms with Gasteiger partial charge in [-0.1, -0.05) is 0 Å². The van der Waals surface area contributed by atoms with E-state index >= 15 is 0 Å². The third-order valence-corrected chi connectivity index (χ3v) is 9.43. The Balaban J connectivity index is 0.000000343. The fourth-order valence-corrected chi connectivity index (χ4v) is 5.50. The lowest BCUT2D eigenvalue weighted by Gasteiger charge is -2.35. The lowest BCUT2D eigenvalue weighted by atomic mass is 10.2. The maximum Gasteiger partial charge on any atom is 0.410 e. The molecule has 0 atom stereocenters. The van der Waals surface area contributed by atoms with E-state index in [1.54, 1.807) is 36.9 Å². The van der Waals surface area contributed by atoms with Gasteiger partial charge in [-0.3, -0.25) is 0 Å². The van der Waals surface area contributed by atoms with Crippen LogP contribution in [0.15, 0.2) is 0 Å². The summed E-state index contributed by atoms with van der Waals surface area (Å²) in [6.45, 7) is 16.4. The van der Waals surface area contributed by atoms with Gasteiger partial charge < -0.3 is 15.0 Å². The topological polar surface area (TPSA) is 116 Å². The van der Waals surface area contributed by atoms with Crippen molar-refractivity contribution in [2.24, 2.45) is 0 Å². The molecule has 0 aromatic carbocycles. The molecule has 0 radical (unpaired) electrons. The molecule has 2 rings (SSSR count). The quantitative estimate of drug-likeness (QED) is 0.630. The van der Waals surface area contributed by atoms with Crippen LogP contribution in [0.25, 0.3) is 0 Å². The summed E-state index contributed by atoms with van der Waals surface area (Å²) in [4.78, 5) is 13.4. The van der Waals surface area contributed by atoms with Crippen molar-refractivity contribution in [3.8, 4) is 0 Å². The summed E-state index contributed by atoms with van der Waals surface area (Å²) < 4.78 is 55.4. The van der Waals surface area contributed by atoms with Crippen molar-refractivity contribution in [1.29, 1.82) is 0 Å². The van der Waals surface area contributed by atoms with Gasteiger partial charge >= 0.3 is 6.09 Å². The monoisotopic (exact) mass is 484 g/mol. The third kappa shape index (κ3) is 8.49. The molecule has 2 saturated heterocycles. The van der Waals surface area contributed by atoms with Gasteiger partial charge in [0.15, 0.2) is 0 Å². The largest absolute Gasteiger partial charge is 0.444 e. The summed E-state index contributed by atoms with van der Waals surface area (Å²) in [5.74, 6) is 0. The number of rotatable bonds is 4. The first-order valence-electron chi connectivity index (χ1n) is 10.8. The van der Waals surface area contributed by atoms with Crippen molar-refractivity contribution in [3.63, 3.8) is 0 Å². The second-order valence-corrected chi connectivity index (χ2v) is 14.2. The van der Waals surface area contributed by atoms with Gasteiger partial charge in [0.2, 0.25) is 20.0 Å². The number of carbonyl (C=O) groups excluding carboxylic acids is 1. The molecule has 1 N–H and O–H groups in total. The van der Waals surface area contributed by atoms with Crippen LogP contribution in [0.4, 0.5) is 4.79 Å². The Hall–Kier alpha value is -0.950. The minimum atomic E-state index is -3.23. The molecule has 2 aliphatic heterocycles. The van der Waals surface area contributed by atoms with Crippen molar-refractivity contribution < 1.29 is 26.4 Å². The summed E-state index contributed by atoms with van der Waals surface area (Å²) in [5, 5.41) is 2.39. The van der Waals surface area contributed by atoms with E-state index < -0.39 is 30.9 Å². The predicted molar refractivity (Wildman–Crippen MR) is 122 cm³/mol. The molecule has 0 aromatic rings. The van der Waals surface area contributed by atoms with Crippen molar-refractivity contribution in [2.45, 2.75) is 64.6 Å². The second-order valence-electron chi connectivity index (χ2n) is 9.20. The SMILES string of the molecule is CC(C)S(=O)(=O)N1CCN(C(=O)OC(C)(C)C)CC1.CC(C)S(=O)(=O)N1CCNCC1. The zero-order chi connectivity index (χ0) is 24.0. The molecule has 0 aliphatic carbocycles. The summed E-state index contributed by atoms with van der Waals surface area (Å²) in [7, 11) is -6.24. The van der Waals surface area contributed by atoms with Gasteiger partial charge in [0.1, 0.15) is 5.60 Å². The number of nitrogens with zero attached hydrogens (tertiary/aromatic N) is 3.